The molecule has 26 heavy (non-hydrogen) atoms. The molecule has 0 saturated carbocycles. The van der Waals surface area contributed by atoms with Gasteiger partial charge in [-0.25, -0.2) is 0 Å². The molecule has 1 aliphatic rings. The highest BCUT2D eigenvalue weighted by molar-refractivity contribution is 5.84. The minimum absolute atomic E-state index is 0.0308. The first kappa shape index (κ1) is 16.6. The van der Waals surface area contributed by atoms with Gasteiger partial charge in [0.25, 0.3) is 0 Å². The van der Waals surface area contributed by atoms with E-state index in [1.807, 2.05) is 53.4 Å². The lowest BCUT2D eigenvalue weighted by molar-refractivity contribution is -0.130. The minimum atomic E-state index is 0.0308. The zero-order valence-corrected chi connectivity index (χ0v) is 14.7. The molecular formula is C22H22N2O2. The third-order valence-electron chi connectivity index (χ3n) is 4.86. The maximum absolute atomic E-state index is 12.5. The van der Waals surface area contributed by atoms with Crippen LogP contribution in [0.1, 0.15) is 18.4 Å². The molecule has 1 aliphatic heterocycles. The summed E-state index contributed by atoms with van der Waals surface area (Å²) in [6.45, 7) is 1.41. The van der Waals surface area contributed by atoms with Crippen LogP contribution < -0.4 is 4.74 Å². The topological polar surface area (TPSA) is 42.4 Å². The van der Waals surface area contributed by atoms with Crippen LogP contribution >= 0.6 is 0 Å². The summed E-state index contributed by atoms with van der Waals surface area (Å²) in [6.07, 6.45) is 4.01. The standard InChI is InChI=1S/C22H22N2O2/c25-21(12-11-17-6-2-1-3-7-17)24-15-13-19(16-24)26-20-10-4-8-18-9-5-14-23-22(18)20/h1-10,14,19H,11-13,15-16H2/t19-/m1/s1. The van der Waals surface area contributed by atoms with Crippen molar-refractivity contribution in [2.24, 2.45) is 0 Å². The molecule has 1 aromatic heterocycles. The summed E-state index contributed by atoms with van der Waals surface area (Å²) in [4.78, 5) is 18.8. The lowest BCUT2D eigenvalue weighted by Crippen LogP contribution is -2.31. The van der Waals surface area contributed by atoms with Crippen molar-refractivity contribution < 1.29 is 9.53 Å². The second-order valence-electron chi connectivity index (χ2n) is 6.69. The van der Waals surface area contributed by atoms with Gasteiger partial charge in [-0.2, -0.15) is 0 Å². The summed E-state index contributed by atoms with van der Waals surface area (Å²) in [6, 6.07) is 20.1. The van der Waals surface area contributed by atoms with Crippen molar-refractivity contribution in [1.29, 1.82) is 0 Å². The lowest BCUT2D eigenvalue weighted by atomic mass is 10.1. The van der Waals surface area contributed by atoms with E-state index in [0.29, 0.717) is 13.0 Å². The van der Waals surface area contributed by atoms with E-state index in [-0.39, 0.29) is 12.0 Å². The van der Waals surface area contributed by atoms with Crippen LogP contribution in [-0.2, 0) is 11.2 Å². The molecule has 2 heterocycles. The van der Waals surface area contributed by atoms with E-state index in [9.17, 15) is 4.79 Å². The molecule has 4 heteroatoms. The fourth-order valence-corrected chi connectivity index (χ4v) is 3.46. The fraction of sp³-hybridized carbons (Fsp3) is 0.273. The van der Waals surface area contributed by atoms with Gasteiger partial charge in [0.1, 0.15) is 17.4 Å². The van der Waals surface area contributed by atoms with E-state index in [1.54, 1.807) is 6.20 Å². The number of hydrogen-bond acceptors (Lipinski definition) is 3. The Morgan fingerprint density at radius 1 is 1.08 bits per heavy atom. The van der Waals surface area contributed by atoms with Crippen molar-refractivity contribution in [2.75, 3.05) is 13.1 Å². The van der Waals surface area contributed by atoms with Gasteiger partial charge in [-0.05, 0) is 24.1 Å². The number of hydrogen-bond donors (Lipinski definition) is 0. The van der Waals surface area contributed by atoms with E-state index >= 15 is 0 Å². The predicted molar refractivity (Wildman–Crippen MR) is 102 cm³/mol. The summed E-state index contributed by atoms with van der Waals surface area (Å²) in [5.41, 5.74) is 2.08. The zero-order chi connectivity index (χ0) is 17.8. The van der Waals surface area contributed by atoms with Gasteiger partial charge in [-0.15, -0.1) is 0 Å². The maximum atomic E-state index is 12.5. The van der Waals surface area contributed by atoms with Gasteiger partial charge in [0.05, 0.1) is 6.54 Å². The smallest absolute Gasteiger partial charge is 0.223 e. The molecule has 0 radical (unpaired) electrons. The second-order valence-corrected chi connectivity index (χ2v) is 6.69. The van der Waals surface area contributed by atoms with Crippen molar-refractivity contribution in [3.05, 3.63) is 72.4 Å². The average Bonchev–Trinajstić information content (AvgIpc) is 3.16. The molecule has 1 saturated heterocycles. The van der Waals surface area contributed by atoms with Crippen molar-refractivity contribution in [3.63, 3.8) is 0 Å². The number of para-hydroxylation sites is 1. The van der Waals surface area contributed by atoms with Crippen LogP contribution in [0.2, 0.25) is 0 Å². The van der Waals surface area contributed by atoms with E-state index in [1.165, 1.54) is 5.56 Å². The van der Waals surface area contributed by atoms with Gasteiger partial charge in [0, 0.05) is 31.0 Å². The predicted octanol–water partition coefficient (Wildman–Crippen LogP) is 3.85. The van der Waals surface area contributed by atoms with Crippen LogP contribution in [0, 0.1) is 0 Å². The number of amides is 1. The van der Waals surface area contributed by atoms with E-state index in [0.717, 1.165) is 36.0 Å². The number of pyridine rings is 1. The van der Waals surface area contributed by atoms with Crippen molar-refractivity contribution in [3.8, 4) is 5.75 Å². The highest BCUT2D eigenvalue weighted by Crippen LogP contribution is 2.26. The van der Waals surface area contributed by atoms with Gasteiger partial charge in [-0.1, -0.05) is 48.5 Å². The first-order valence-corrected chi connectivity index (χ1v) is 9.12. The average molecular weight is 346 g/mol. The van der Waals surface area contributed by atoms with Gasteiger partial charge in [0.2, 0.25) is 5.91 Å². The van der Waals surface area contributed by atoms with Gasteiger partial charge in [-0.3, -0.25) is 9.78 Å². The normalized spacial score (nSPS) is 16.8. The number of carbonyl (C=O) groups is 1. The Hall–Kier alpha value is -2.88. The Bertz CT molecular complexity index is 890. The van der Waals surface area contributed by atoms with Crippen molar-refractivity contribution >= 4 is 16.8 Å². The van der Waals surface area contributed by atoms with Crippen LogP contribution in [0.15, 0.2) is 66.9 Å². The number of rotatable bonds is 5. The van der Waals surface area contributed by atoms with Gasteiger partial charge in [0.15, 0.2) is 0 Å². The summed E-state index contributed by atoms with van der Waals surface area (Å²) in [5, 5.41) is 1.07. The molecule has 0 aliphatic carbocycles. The third-order valence-corrected chi connectivity index (χ3v) is 4.86. The highest BCUT2D eigenvalue weighted by Gasteiger charge is 2.27. The number of nitrogens with zero attached hydrogens (tertiary/aromatic N) is 2. The van der Waals surface area contributed by atoms with Crippen molar-refractivity contribution in [1.82, 2.24) is 9.88 Å². The molecular weight excluding hydrogens is 324 g/mol. The SMILES string of the molecule is O=C(CCc1ccccc1)N1CC[C@@H](Oc2cccc3cccnc23)C1. The molecule has 3 aromatic rings. The number of likely N-dealkylation sites (tertiary alicyclic amines) is 1. The van der Waals surface area contributed by atoms with Crippen LogP contribution in [0.25, 0.3) is 10.9 Å². The summed E-state index contributed by atoms with van der Waals surface area (Å²) in [5.74, 6) is 1.00. The van der Waals surface area contributed by atoms with Gasteiger partial charge < -0.3 is 9.64 Å². The molecule has 0 bridgehead atoms. The van der Waals surface area contributed by atoms with Crippen LogP contribution in [-0.4, -0.2) is 35.0 Å². The first-order valence-electron chi connectivity index (χ1n) is 9.12. The summed E-state index contributed by atoms with van der Waals surface area (Å²) >= 11 is 0. The zero-order valence-electron chi connectivity index (χ0n) is 14.7. The first-order chi connectivity index (χ1) is 12.8. The lowest BCUT2D eigenvalue weighted by Gasteiger charge is -2.18. The molecule has 1 amide bonds. The molecule has 4 rings (SSSR count). The monoisotopic (exact) mass is 346 g/mol. The van der Waals surface area contributed by atoms with Crippen LogP contribution in [0.4, 0.5) is 0 Å². The van der Waals surface area contributed by atoms with E-state index in [2.05, 4.69) is 17.1 Å². The third kappa shape index (κ3) is 3.69. The number of carbonyl (C=O) groups excluding carboxylic acids is 1. The van der Waals surface area contributed by atoms with Crippen LogP contribution in [0.3, 0.4) is 0 Å². The number of ether oxygens (including phenoxy) is 1. The largest absolute Gasteiger partial charge is 0.486 e. The molecule has 2 aromatic carbocycles. The number of fused-ring (bicyclic) bond motifs is 1. The Morgan fingerprint density at radius 3 is 2.81 bits per heavy atom. The Labute approximate surface area is 153 Å². The molecule has 1 atom stereocenters. The van der Waals surface area contributed by atoms with Crippen LogP contribution in [0.5, 0.6) is 5.75 Å². The Kier molecular flexibility index (Phi) is 4.82. The summed E-state index contributed by atoms with van der Waals surface area (Å²) < 4.78 is 6.18. The number of aromatic nitrogens is 1. The number of benzene rings is 2. The van der Waals surface area contributed by atoms with E-state index in [4.69, 9.17) is 4.74 Å². The number of aryl methyl sites for hydroxylation is 1. The maximum Gasteiger partial charge on any atom is 0.223 e. The molecule has 0 spiro atoms. The molecule has 1 fully saturated rings. The Morgan fingerprint density at radius 2 is 1.92 bits per heavy atom. The fourth-order valence-electron chi connectivity index (χ4n) is 3.46. The quantitative estimate of drug-likeness (QED) is 0.705. The van der Waals surface area contributed by atoms with E-state index < -0.39 is 0 Å². The molecule has 132 valence electrons. The Balaban J connectivity index is 1.35. The molecule has 0 unspecified atom stereocenters. The minimum Gasteiger partial charge on any atom is -0.486 e. The second kappa shape index (κ2) is 7.56. The molecule has 4 nitrogen and oxygen atoms in total. The van der Waals surface area contributed by atoms with Crippen molar-refractivity contribution in [2.45, 2.75) is 25.4 Å². The van der Waals surface area contributed by atoms with Gasteiger partial charge >= 0.3 is 0 Å². The highest BCUT2D eigenvalue weighted by atomic mass is 16.5. The summed E-state index contributed by atoms with van der Waals surface area (Å²) in [7, 11) is 0. The molecule has 0 N–H and O–H groups in total.